The summed E-state index contributed by atoms with van der Waals surface area (Å²) in [5.74, 6) is -0.505. The zero-order valence-corrected chi connectivity index (χ0v) is 16.6. The van der Waals surface area contributed by atoms with E-state index in [2.05, 4.69) is 4.98 Å². The number of aromatic nitrogens is 1. The number of anilines is 1. The van der Waals surface area contributed by atoms with Crippen molar-refractivity contribution in [3.05, 3.63) is 36.0 Å². The summed E-state index contributed by atoms with van der Waals surface area (Å²) in [6.45, 7) is 9.62. The smallest absolute Gasteiger partial charge is 0.416 e. The van der Waals surface area contributed by atoms with E-state index in [0.717, 1.165) is 5.56 Å². The van der Waals surface area contributed by atoms with E-state index >= 15 is 0 Å². The van der Waals surface area contributed by atoms with Crippen LogP contribution in [0.3, 0.4) is 0 Å². The molecule has 140 valence electrons. The predicted octanol–water partition coefficient (Wildman–Crippen LogP) is 4.75. The number of carbonyl (C=O) groups is 2. The lowest BCUT2D eigenvalue weighted by Crippen LogP contribution is -2.36. The number of carbonyl (C=O) groups excluding carboxylic acids is 2. The van der Waals surface area contributed by atoms with Crippen molar-refractivity contribution >= 4 is 28.5 Å². The number of thiazole rings is 1. The SMILES string of the molecule is CCOC(=O)c1nc(N(CC)C(=O)OC(C)(C)C)sc1-c1ccccc1. The fourth-order valence-electron chi connectivity index (χ4n) is 2.21. The van der Waals surface area contributed by atoms with E-state index in [0.29, 0.717) is 16.6 Å². The Kier molecular flexibility index (Phi) is 6.37. The normalized spacial score (nSPS) is 11.1. The molecule has 0 saturated carbocycles. The molecule has 0 aliphatic rings. The van der Waals surface area contributed by atoms with Gasteiger partial charge in [0, 0.05) is 6.54 Å². The average molecular weight is 376 g/mol. The number of hydrogen-bond acceptors (Lipinski definition) is 6. The van der Waals surface area contributed by atoms with Crippen LogP contribution in [0.15, 0.2) is 30.3 Å². The van der Waals surface area contributed by atoms with Crippen LogP contribution >= 0.6 is 11.3 Å². The lowest BCUT2D eigenvalue weighted by molar-refractivity contribution is 0.0517. The van der Waals surface area contributed by atoms with Gasteiger partial charge in [-0.1, -0.05) is 41.7 Å². The molecule has 1 heterocycles. The maximum atomic E-state index is 12.5. The molecule has 7 heteroatoms. The van der Waals surface area contributed by atoms with Crippen LogP contribution in [-0.4, -0.2) is 35.8 Å². The minimum atomic E-state index is -0.617. The van der Waals surface area contributed by atoms with Crippen molar-refractivity contribution in [1.29, 1.82) is 0 Å². The highest BCUT2D eigenvalue weighted by atomic mass is 32.1. The average Bonchev–Trinajstić information content (AvgIpc) is 3.00. The molecule has 0 atom stereocenters. The molecule has 0 aliphatic heterocycles. The standard InChI is InChI=1S/C19H24N2O4S/c1-6-21(18(23)25-19(3,4)5)17-20-14(16(22)24-7-2)15(26-17)13-11-9-8-10-12-13/h8-12H,6-7H2,1-5H3. The Balaban J connectivity index is 2.46. The molecule has 0 saturated heterocycles. The molecule has 2 rings (SSSR count). The second kappa shape index (κ2) is 8.31. The first kappa shape index (κ1) is 19.9. The molecule has 1 amide bonds. The van der Waals surface area contributed by atoms with E-state index in [1.807, 2.05) is 37.3 Å². The molecule has 0 spiro atoms. The van der Waals surface area contributed by atoms with Gasteiger partial charge in [0.25, 0.3) is 0 Å². The number of amides is 1. The summed E-state index contributed by atoms with van der Waals surface area (Å²) in [6, 6.07) is 9.45. The van der Waals surface area contributed by atoms with Gasteiger partial charge >= 0.3 is 12.1 Å². The Morgan fingerprint density at radius 1 is 1.15 bits per heavy atom. The Bertz CT molecular complexity index is 766. The number of benzene rings is 1. The van der Waals surface area contributed by atoms with Crippen LogP contribution in [0.2, 0.25) is 0 Å². The second-order valence-corrected chi connectivity index (χ2v) is 7.46. The summed E-state index contributed by atoms with van der Waals surface area (Å²) in [6.07, 6.45) is -0.497. The van der Waals surface area contributed by atoms with Gasteiger partial charge in [0.15, 0.2) is 10.8 Å². The Hall–Kier alpha value is -2.41. The number of rotatable bonds is 5. The van der Waals surface area contributed by atoms with E-state index < -0.39 is 17.7 Å². The zero-order valence-electron chi connectivity index (χ0n) is 15.7. The van der Waals surface area contributed by atoms with Crippen LogP contribution in [0.25, 0.3) is 10.4 Å². The lowest BCUT2D eigenvalue weighted by Gasteiger charge is -2.24. The van der Waals surface area contributed by atoms with Gasteiger partial charge in [-0.25, -0.2) is 14.6 Å². The van der Waals surface area contributed by atoms with Crippen molar-refractivity contribution in [1.82, 2.24) is 4.98 Å². The van der Waals surface area contributed by atoms with E-state index in [1.165, 1.54) is 16.2 Å². The van der Waals surface area contributed by atoms with Crippen molar-refractivity contribution in [2.75, 3.05) is 18.1 Å². The van der Waals surface area contributed by atoms with Crippen LogP contribution < -0.4 is 4.90 Å². The number of nitrogens with zero attached hydrogens (tertiary/aromatic N) is 2. The van der Waals surface area contributed by atoms with Gasteiger partial charge < -0.3 is 9.47 Å². The van der Waals surface area contributed by atoms with Gasteiger partial charge in [0.05, 0.1) is 11.5 Å². The van der Waals surface area contributed by atoms with Crippen molar-refractivity contribution in [2.45, 2.75) is 40.2 Å². The van der Waals surface area contributed by atoms with Crippen LogP contribution in [-0.2, 0) is 9.47 Å². The summed E-state index contributed by atoms with van der Waals surface area (Å²) in [7, 11) is 0. The number of esters is 1. The molecule has 26 heavy (non-hydrogen) atoms. The maximum absolute atomic E-state index is 12.5. The minimum absolute atomic E-state index is 0.208. The first-order chi connectivity index (χ1) is 12.3. The molecular formula is C19H24N2O4S. The molecule has 0 unspecified atom stereocenters. The van der Waals surface area contributed by atoms with Crippen molar-refractivity contribution < 1.29 is 19.1 Å². The van der Waals surface area contributed by atoms with Gasteiger partial charge in [-0.15, -0.1) is 0 Å². The second-order valence-electron chi connectivity index (χ2n) is 6.49. The first-order valence-corrected chi connectivity index (χ1v) is 9.32. The van der Waals surface area contributed by atoms with Crippen LogP contribution in [0.5, 0.6) is 0 Å². The molecule has 2 aromatic rings. The largest absolute Gasteiger partial charge is 0.461 e. The van der Waals surface area contributed by atoms with Gasteiger partial charge in [-0.3, -0.25) is 4.90 Å². The topological polar surface area (TPSA) is 68.7 Å². The van der Waals surface area contributed by atoms with Crippen LogP contribution in [0, 0.1) is 0 Å². The summed E-state index contributed by atoms with van der Waals surface area (Å²) < 4.78 is 10.6. The van der Waals surface area contributed by atoms with Crippen molar-refractivity contribution in [2.24, 2.45) is 0 Å². The molecule has 0 N–H and O–H groups in total. The quantitative estimate of drug-likeness (QED) is 0.705. The van der Waals surface area contributed by atoms with Crippen LogP contribution in [0.4, 0.5) is 9.93 Å². The third-order valence-electron chi connectivity index (χ3n) is 3.28. The molecule has 1 aromatic carbocycles. The molecular weight excluding hydrogens is 352 g/mol. The fraction of sp³-hybridized carbons (Fsp3) is 0.421. The van der Waals surface area contributed by atoms with Crippen LogP contribution in [0.1, 0.15) is 45.1 Å². The van der Waals surface area contributed by atoms with Crippen molar-refractivity contribution in [3.8, 4) is 10.4 Å². The summed E-state index contributed by atoms with van der Waals surface area (Å²) in [5, 5.41) is 0.406. The zero-order chi connectivity index (χ0) is 19.3. The predicted molar refractivity (Wildman–Crippen MR) is 103 cm³/mol. The van der Waals surface area contributed by atoms with E-state index in [1.54, 1.807) is 27.7 Å². The first-order valence-electron chi connectivity index (χ1n) is 8.50. The van der Waals surface area contributed by atoms with Gasteiger partial charge in [0.1, 0.15) is 5.60 Å². The highest BCUT2D eigenvalue weighted by Crippen LogP contribution is 2.35. The highest BCUT2D eigenvalue weighted by molar-refractivity contribution is 7.19. The summed E-state index contributed by atoms with van der Waals surface area (Å²) in [4.78, 5) is 31.3. The lowest BCUT2D eigenvalue weighted by atomic mass is 10.1. The third-order valence-corrected chi connectivity index (χ3v) is 4.41. The minimum Gasteiger partial charge on any atom is -0.461 e. The molecule has 0 aliphatic carbocycles. The Labute approximate surface area is 157 Å². The fourth-order valence-corrected chi connectivity index (χ4v) is 3.32. The molecule has 6 nitrogen and oxygen atoms in total. The molecule has 1 aromatic heterocycles. The van der Waals surface area contributed by atoms with Gasteiger partial charge in [-0.05, 0) is 40.2 Å². The van der Waals surface area contributed by atoms with E-state index in [9.17, 15) is 9.59 Å². The molecule has 0 bridgehead atoms. The summed E-state index contributed by atoms with van der Waals surface area (Å²) >= 11 is 1.27. The molecule has 0 fully saturated rings. The highest BCUT2D eigenvalue weighted by Gasteiger charge is 2.28. The Morgan fingerprint density at radius 3 is 2.35 bits per heavy atom. The van der Waals surface area contributed by atoms with Gasteiger partial charge in [-0.2, -0.15) is 0 Å². The molecule has 0 radical (unpaired) electrons. The summed E-state index contributed by atoms with van der Waals surface area (Å²) in [5.41, 5.74) is 0.438. The monoisotopic (exact) mass is 376 g/mol. The van der Waals surface area contributed by atoms with Crippen molar-refractivity contribution in [3.63, 3.8) is 0 Å². The van der Waals surface area contributed by atoms with Gasteiger partial charge in [0.2, 0.25) is 0 Å². The number of hydrogen-bond donors (Lipinski definition) is 0. The Morgan fingerprint density at radius 2 is 1.81 bits per heavy atom. The maximum Gasteiger partial charge on any atom is 0.416 e. The third kappa shape index (κ3) is 4.82. The van der Waals surface area contributed by atoms with E-state index in [4.69, 9.17) is 9.47 Å². The number of ether oxygens (including phenoxy) is 2. The van der Waals surface area contributed by atoms with E-state index in [-0.39, 0.29) is 12.3 Å².